The number of benzene rings is 1. The van der Waals surface area contributed by atoms with Crippen LogP contribution < -0.4 is 10.5 Å². The maximum atomic E-state index is 13.8. The number of rotatable bonds is 7. The molecule has 0 unspecified atom stereocenters. The van der Waals surface area contributed by atoms with Gasteiger partial charge in [0.25, 0.3) is 0 Å². The van der Waals surface area contributed by atoms with E-state index >= 15 is 0 Å². The lowest BCUT2D eigenvalue weighted by atomic mass is 9.82. The maximum absolute atomic E-state index is 13.8. The van der Waals surface area contributed by atoms with E-state index in [1.165, 1.54) is 18.9 Å². The van der Waals surface area contributed by atoms with Crippen molar-refractivity contribution in [1.82, 2.24) is 9.71 Å². The number of anilines is 1. The first kappa shape index (κ1) is 20.0. The molecule has 6 heteroatoms. The number of pyridine rings is 1. The minimum Gasteiger partial charge on any atom is -0.396 e. The molecule has 3 N–H and O–H groups in total. The first-order chi connectivity index (χ1) is 12.7. The average Bonchev–Trinajstić information content (AvgIpc) is 3.45. The minimum atomic E-state index is -1.34. The molecule has 3 rings (SSSR count). The maximum Gasteiger partial charge on any atom is 0.146 e. The fourth-order valence-corrected chi connectivity index (χ4v) is 4.09. The molecule has 27 heavy (non-hydrogen) atoms. The Bertz CT molecular complexity index is 818. The number of aromatic nitrogens is 1. The van der Waals surface area contributed by atoms with E-state index in [0.29, 0.717) is 5.92 Å². The van der Waals surface area contributed by atoms with E-state index in [1.807, 2.05) is 39.0 Å². The van der Waals surface area contributed by atoms with Gasteiger partial charge >= 0.3 is 0 Å². The molecule has 0 bridgehead atoms. The van der Waals surface area contributed by atoms with Crippen molar-refractivity contribution in [2.45, 2.75) is 56.7 Å². The van der Waals surface area contributed by atoms with Crippen LogP contribution >= 0.6 is 0 Å². The van der Waals surface area contributed by atoms with E-state index in [-0.39, 0.29) is 5.69 Å². The predicted molar refractivity (Wildman–Crippen MR) is 109 cm³/mol. The number of halogens is 1. The third-order valence-corrected chi connectivity index (χ3v) is 6.68. The first-order valence-electron chi connectivity index (χ1n) is 9.39. The molecule has 0 spiro atoms. The molecule has 0 aliphatic heterocycles. The van der Waals surface area contributed by atoms with Gasteiger partial charge in [-0.3, -0.25) is 4.98 Å². The van der Waals surface area contributed by atoms with Crippen LogP contribution in [0.1, 0.15) is 57.7 Å². The first-order valence-corrected chi connectivity index (χ1v) is 10.5. The third-order valence-electron chi connectivity index (χ3n) is 5.04. The minimum absolute atomic E-state index is 0.0857. The Morgan fingerprint density at radius 3 is 2.56 bits per heavy atom. The third kappa shape index (κ3) is 4.55. The summed E-state index contributed by atoms with van der Waals surface area (Å²) in [6, 6.07) is 10.4. The number of nitrogens with one attached hydrogen (secondary N) is 1. The zero-order chi connectivity index (χ0) is 19.7. The monoisotopic (exact) mass is 389 g/mol. The van der Waals surface area contributed by atoms with E-state index in [0.717, 1.165) is 24.1 Å². The molecule has 4 nitrogen and oxygen atoms in total. The van der Waals surface area contributed by atoms with Gasteiger partial charge in [0.15, 0.2) is 0 Å². The van der Waals surface area contributed by atoms with Crippen LogP contribution in [0.5, 0.6) is 0 Å². The summed E-state index contributed by atoms with van der Waals surface area (Å²) in [5, 5.41) is 0. The zero-order valence-corrected chi connectivity index (χ0v) is 17.0. The van der Waals surface area contributed by atoms with Crippen LogP contribution in [0.15, 0.2) is 42.6 Å². The summed E-state index contributed by atoms with van der Waals surface area (Å²) in [4.78, 5) is 4.58. The molecular weight excluding hydrogens is 361 g/mol. The summed E-state index contributed by atoms with van der Waals surface area (Å²) in [5.74, 6) is 0.239. The van der Waals surface area contributed by atoms with Gasteiger partial charge in [-0.25, -0.2) is 13.3 Å². The Kier molecular flexibility index (Phi) is 5.68. The van der Waals surface area contributed by atoms with Crippen LogP contribution in [0, 0.1) is 11.7 Å². The van der Waals surface area contributed by atoms with Crippen LogP contribution in [-0.4, -0.2) is 13.9 Å². The van der Waals surface area contributed by atoms with Crippen molar-refractivity contribution >= 4 is 16.7 Å². The Morgan fingerprint density at radius 2 is 2.00 bits per heavy atom. The molecular formula is C21H28FN3OS. The molecule has 0 saturated heterocycles. The molecule has 1 aliphatic carbocycles. The Hall–Kier alpha value is -1.79. The van der Waals surface area contributed by atoms with Crippen molar-refractivity contribution in [2.75, 3.05) is 5.73 Å². The van der Waals surface area contributed by atoms with Crippen molar-refractivity contribution in [1.29, 1.82) is 0 Å². The normalized spacial score (nSPS) is 18.1. The molecule has 0 radical (unpaired) electrons. The van der Waals surface area contributed by atoms with Gasteiger partial charge in [-0.2, -0.15) is 0 Å². The van der Waals surface area contributed by atoms with Gasteiger partial charge in [0.1, 0.15) is 5.82 Å². The predicted octanol–water partition coefficient (Wildman–Crippen LogP) is 4.29. The van der Waals surface area contributed by atoms with Gasteiger partial charge in [-0.05, 0) is 69.4 Å². The van der Waals surface area contributed by atoms with Crippen molar-refractivity contribution in [3.05, 3.63) is 59.7 Å². The van der Waals surface area contributed by atoms with Crippen LogP contribution in [0.4, 0.5) is 10.1 Å². The molecule has 1 fully saturated rings. The van der Waals surface area contributed by atoms with E-state index in [1.54, 1.807) is 18.3 Å². The van der Waals surface area contributed by atoms with E-state index < -0.39 is 27.1 Å². The van der Waals surface area contributed by atoms with Gasteiger partial charge in [0.2, 0.25) is 0 Å². The average molecular weight is 390 g/mol. The molecule has 2 aromatic rings. The highest BCUT2D eigenvalue weighted by Crippen LogP contribution is 2.41. The fourth-order valence-electron chi connectivity index (χ4n) is 3.15. The summed E-state index contributed by atoms with van der Waals surface area (Å²) in [6.45, 7) is 5.79. The lowest BCUT2D eigenvalue weighted by molar-refractivity contribution is 0.405. The summed E-state index contributed by atoms with van der Waals surface area (Å²) in [5.41, 5.74) is 6.74. The summed E-state index contributed by atoms with van der Waals surface area (Å²) >= 11 is 0. The van der Waals surface area contributed by atoms with Crippen molar-refractivity contribution in [3.63, 3.8) is 0 Å². The standard InChI is InChI=1S/C21H28FN3OS/c1-20(2,3)27(26)25-21(12-11-15-7-8-15,19-6-4-5-13-24-19)16-9-10-17(22)18(23)14-16/h4-6,9-10,13-15,25H,7-8,11-12,23H2,1-3H3/t21-,27+/m0/s1. The largest absolute Gasteiger partial charge is 0.396 e. The highest BCUT2D eigenvalue weighted by Gasteiger charge is 2.41. The number of nitrogens with two attached hydrogens (primary N) is 1. The SMILES string of the molecule is CC(C)(C)[S@@](=O)N[C@@](CCC1CC1)(c1ccc(F)c(N)c1)c1ccccn1. The van der Waals surface area contributed by atoms with Crippen LogP contribution in [0.2, 0.25) is 0 Å². The van der Waals surface area contributed by atoms with Crippen molar-refractivity contribution < 1.29 is 8.60 Å². The summed E-state index contributed by atoms with van der Waals surface area (Å²) in [7, 11) is -1.34. The number of hydrogen-bond donors (Lipinski definition) is 2. The lowest BCUT2D eigenvalue weighted by Crippen LogP contribution is -2.49. The highest BCUT2D eigenvalue weighted by atomic mass is 32.2. The molecule has 1 heterocycles. The molecule has 146 valence electrons. The van der Waals surface area contributed by atoms with E-state index in [2.05, 4.69) is 9.71 Å². The quantitative estimate of drug-likeness (QED) is 0.694. The second-order valence-corrected chi connectivity index (χ2v) is 10.3. The van der Waals surface area contributed by atoms with Crippen molar-refractivity contribution in [3.8, 4) is 0 Å². The topological polar surface area (TPSA) is 68.0 Å². The van der Waals surface area contributed by atoms with Crippen LogP contribution in [0.25, 0.3) is 0 Å². The van der Waals surface area contributed by atoms with E-state index in [9.17, 15) is 8.60 Å². The number of nitrogen functional groups attached to an aromatic ring is 1. The van der Waals surface area contributed by atoms with Gasteiger partial charge in [0.05, 0.1) is 32.7 Å². The summed E-state index contributed by atoms with van der Waals surface area (Å²) in [6.07, 6.45) is 5.90. The molecule has 1 aromatic carbocycles. The van der Waals surface area contributed by atoms with Crippen LogP contribution in [-0.2, 0) is 16.5 Å². The van der Waals surface area contributed by atoms with Gasteiger partial charge in [-0.1, -0.05) is 25.0 Å². The van der Waals surface area contributed by atoms with Crippen LogP contribution in [0.3, 0.4) is 0 Å². The molecule has 1 aliphatic rings. The molecule has 2 atom stereocenters. The Morgan fingerprint density at radius 1 is 1.26 bits per heavy atom. The Labute approximate surface area is 163 Å². The Balaban J connectivity index is 2.13. The fraction of sp³-hybridized carbons (Fsp3) is 0.476. The molecule has 1 saturated carbocycles. The van der Waals surface area contributed by atoms with Gasteiger partial charge in [0, 0.05) is 6.20 Å². The highest BCUT2D eigenvalue weighted by molar-refractivity contribution is 7.84. The van der Waals surface area contributed by atoms with Gasteiger partial charge < -0.3 is 5.73 Å². The van der Waals surface area contributed by atoms with Crippen molar-refractivity contribution in [2.24, 2.45) is 5.92 Å². The molecule has 0 amide bonds. The van der Waals surface area contributed by atoms with Gasteiger partial charge in [-0.15, -0.1) is 0 Å². The molecule has 1 aromatic heterocycles. The zero-order valence-electron chi connectivity index (χ0n) is 16.2. The smallest absolute Gasteiger partial charge is 0.146 e. The second-order valence-electron chi connectivity index (χ2n) is 8.32. The number of hydrogen-bond acceptors (Lipinski definition) is 3. The van der Waals surface area contributed by atoms with E-state index in [4.69, 9.17) is 5.73 Å². The second kappa shape index (κ2) is 7.68. The summed E-state index contributed by atoms with van der Waals surface area (Å²) < 4.78 is 29.9. The number of nitrogens with zero attached hydrogens (tertiary/aromatic N) is 1. The lowest BCUT2D eigenvalue weighted by Gasteiger charge is -2.37.